The molecule has 2 atom stereocenters. The van der Waals surface area contributed by atoms with Crippen LogP contribution in [-0.4, -0.2) is 40.6 Å². The molecule has 1 aliphatic heterocycles. The summed E-state index contributed by atoms with van der Waals surface area (Å²) in [6.07, 6.45) is 5.26. The van der Waals surface area contributed by atoms with Crippen molar-refractivity contribution in [2.45, 2.75) is 25.1 Å². The molecule has 2 heterocycles. The molecule has 1 aromatic carbocycles. The number of halogens is 1. The smallest absolute Gasteiger partial charge is 0.251 e. The van der Waals surface area contributed by atoms with E-state index in [9.17, 15) is 9.59 Å². The van der Waals surface area contributed by atoms with Crippen molar-refractivity contribution in [1.29, 1.82) is 0 Å². The molecule has 0 bridgehead atoms. The Balaban J connectivity index is 1.60. The minimum absolute atomic E-state index is 0.145. The lowest BCUT2D eigenvalue weighted by molar-refractivity contribution is -0.148. The van der Waals surface area contributed by atoms with Gasteiger partial charge in [-0.2, -0.15) is 0 Å². The molecule has 2 amide bonds. The largest absolute Gasteiger partial charge is 0.356 e. The number of benzene rings is 1. The van der Waals surface area contributed by atoms with Gasteiger partial charge in [-0.05, 0) is 18.1 Å². The topological polar surface area (TPSA) is 85.2 Å². The Morgan fingerprint density at radius 2 is 2.28 bits per heavy atom. The lowest BCUT2D eigenvalue weighted by Crippen LogP contribution is -2.52. The van der Waals surface area contributed by atoms with Crippen LogP contribution in [0.2, 0.25) is 5.02 Å². The Morgan fingerprint density at radius 3 is 3.04 bits per heavy atom. The van der Waals surface area contributed by atoms with Crippen LogP contribution in [0, 0.1) is 0 Å². The summed E-state index contributed by atoms with van der Waals surface area (Å²) < 4.78 is 7.42. The normalized spacial score (nSPS) is 20.1. The molecule has 1 aromatic heterocycles. The molecule has 25 heavy (non-hydrogen) atoms. The zero-order valence-corrected chi connectivity index (χ0v) is 14.3. The lowest BCUT2D eigenvalue weighted by atomic mass is 9.99. The third-order valence-electron chi connectivity index (χ3n) is 3.96. The van der Waals surface area contributed by atoms with E-state index < -0.39 is 12.1 Å². The Hall–Kier alpha value is -2.38. The Morgan fingerprint density at radius 1 is 1.44 bits per heavy atom. The van der Waals surface area contributed by atoms with Gasteiger partial charge in [0.25, 0.3) is 5.91 Å². The van der Waals surface area contributed by atoms with Gasteiger partial charge in [-0.25, -0.2) is 4.98 Å². The number of aryl methyl sites for hydroxylation is 1. The number of aromatic nitrogens is 2. The average molecular weight is 363 g/mol. The van der Waals surface area contributed by atoms with Crippen molar-refractivity contribution in [3.05, 3.63) is 53.6 Å². The molecule has 7 nitrogen and oxygen atoms in total. The summed E-state index contributed by atoms with van der Waals surface area (Å²) in [5.74, 6) is -0.537. The highest BCUT2D eigenvalue weighted by atomic mass is 35.5. The minimum atomic E-state index is -0.814. The van der Waals surface area contributed by atoms with Gasteiger partial charge in [0, 0.05) is 30.5 Å². The number of rotatable bonds is 6. The predicted octanol–water partition coefficient (Wildman–Crippen LogP) is 1.30. The number of hydrogen-bond donors (Lipinski definition) is 2. The first-order chi connectivity index (χ1) is 12.1. The van der Waals surface area contributed by atoms with Gasteiger partial charge >= 0.3 is 0 Å². The van der Waals surface area contributed by atoms with E-state index in [2.05, 4.69) is 15.6 Å². The van der Waals surface area contributed by atoms with Gasteiger partial charge in [-0.15, -0.1) is 0 Å². The number of nitrogens with one attached hydrogen (secondary N) is 2. The highest BCUT2D eigenvalue weighted by molar-refractivity contribution is 6.31. The molecule has 0 aliphatic carbocycles. The quantitative estimate of drug-likeness (QED) is 0.758. The van der Waals surface area contributed by atoms with Crippen LogP contribution in [0.15, 0.2) is 43.0 Å². The number of carbonyl (C=O) groups excluding carboxylic acids is 2. The number of amides is 2. The summed E-state index contributed by atoms with van der Waals surface area (Å²) >= 11 is 6.21. The Labute approximate surface area is 150 Å². The van der Waals surface area contributed by atoms with E-state index in [1.165, 1.54) is 0 Å². The van der Waals surface area contributed by atoms with Crippen molar-refractivity contribution in [2.24, 2.45) is 0 Å². The highest BCUT2D eigenvalue weighted by Gasteiger charge is 2.36. The maximum atomic E-state index is 12.5. The fourth-order valence-corrected chi connectivity index (χ4v) is 2.99. The first-order valence-corrected chi connectivity index (χ1v) is 8.42. The van der Waals surface area contributed by atoms with Crippen molar-refractivity contribution in [3.8, 4) is 0 Å². The fourth-order valence-electron chi connectivity index (χ4n) is 2.74. The van der Waals surface area contributed by atoms with Crippen LogP contribution >= 0.6 is 11.6 Å². The van der Waals surface area contributed by atoms with Crippen molar-refractivity contribution in [2.75, 3.05) is 13.2 Å². The summed E-state index contributed by atoms with van der Waals surface area (Å²) in [5, 5.41) is 6.14. The van der Waals surface area contributed by atoms with Crippen LogP contribution < -0.4 is 10.6 Å². The first-order valence-electron chi connectivity index (χ1n) is 8.04. The molecule has 2 N–H and O–H groups in total. The summed E-state index contributed by atoms with van der Waals surface area (Å²) in [6.45, 7) is 1.12. The standard InChI is InChI=1S/C17H19ClN4O3/c18-13-5-2-1-4-12(13)15-16(25-10-14(23)21-15)17(24)20-6-3-8-22-9-7-19-11-22/h1-2,4-5,7,9,11,15-16H,3,6,8,10H2,(H,20,24)(H,21,23)/t15-,16+/m1/s1. The van der Waals surface area contributed by atoms with E-state index in [1.807, 2.05) is 16.8 Å². The molecule has 0 spiro atoms. The van der Waals surface area contributed by atoms with Crippen LogP contribution in [0.4, 0.5) is 0 Å². The van der Waals surface area contributed by atoms with Crippen molar-refractivity contribution in [3.63, 3.8) is 0 Å². The second kappa shape index (κ2) is 8.13. The van der Waals surface area contributed by atoms with Crippen molar-refractivity contribution >= 4 is 23.4 Å². The molecular formula is C17H19ClN4O3. The fraction of sp³-hybridized carbons (Fsp3) is 0.353. The number of carbonyl (C=O) groups is 2. The molecule has 8 heteroatoms. The number of morpholine rings is 1. The highest BCUT2D eigenvalue weighted by Crippen LogP contribution is 2.28. The van der Waals surface area contributed by atoms with E-state index >= 15 is 0 Å². The number of nitrogens with zero attached hydrogens (tertiary/aromatic N) is 2. The minimum Gasteiger partial charge on any atom is -0.356 e. The van der Waals surface area contributed by atoms with Gasteiger partial charge in [0.15, 0.2) is 6.10 Å². The number of ether oxygens (including phenoxy) is 1. The average Bonchev–Trinajstić information content (AvgIpc) is 3.12. The van der Waals surface area contributed by atoms with E-state index in [-0.39, 0.29) is 18.4 Å². The van der Waals surface area contributed by atoms with Crippen LogP contribution in [0.25, 0.3) is 0 Å². The molecule has 2 aromatic rings. The van der Waals surface area contributed by atoms with Crippen LogP contribution in [0.5, 0.6) is 0 Å². The van der Waals surface area contributed by atoms with Gasteiger partial charge in [0.05, 0.1) is 12.4 Å². The van der Waals surface area contributed by atoms with E-state index in [1.54, 1.807) is 30.7 Å². The van der Waals surface area contributed by atoms with Gasteiger partial charge in [0.1, 0.15) is 6.61 Å². The van der Waals surface area contributed by atoms with Gasteiger partial charge in [-0.1, -0.05) is 29.8 Å². The monoisotopic (exact) mass is 362 g/mol. The maximum Gasteiger partial charge on any atom is 0.251 e. The molecule has 3 rings (SSSR count). The molecular weight excluding hydrogens is 344 g/mol. The zero-order valence-electron chi connectivity index (χ0n) is 13.5. The zero-order chi connectivity index (χ0) is 17.6. The van der Waals surface area contributed by atoms with E-state index in [4.69, 9.17) is 16.3 Å². The molecule has 132 valence electrons. The molecule has 1 aliphatic rings. The van der Waals surface area contributed by atoms with Crippen LogP contribution in [0.1, 0.15) is 18.0 Å². The van der Waals surface area contributed by atoms with Crippen LogP contribution in [0.3, 0.4) is 0 Å². The van der Waals surface area contributed by atoms with Gasteiger partial charge in [-0.3, -0.25) is 9.59 Å². The summed E-state index contributed by atoms with van der Waals surface area (Å²) in [6, 6.07) is 6.49. The van der Waals surface area contributed by atoms with Crippen molar-refractivity contribution in [1.82, 2.24) is 20.2 Å². The summed E-state index contributed by atoms with van der Waals surface area (Å²) in [7, 11) is 0. The van der Waals surface area contributed by atoms with Crippen LogP contribution in [-0.2, 0) is 20.9 Å². The predicted molar refractivity (Wildman–Crippen MR) is 91.9 cm³/mol. The SMILES string of the molecule is O=C1CO[C@H](C(=O)NCCCn2ccnc2)[C@@H](c2ccccc2Cl)N1. The van der Waals surface area contributed by atoms with E-state index in [0.717, 1.165) is 13.0 Å². The third kappa shape index (κ3) is 4.37. The first kappa shape index (κ1) is 17.4. The van der Waals surface area contributed by atoms with E-state index in [0.29, 0.717) is 17.1 Å². The molecule has 0 saturated carbocycles. The lowest BCUT2D eigenvalue weighted by Gasteiger charge is -2.32. The Bertz CT molecular complexity index is 735. The second-order valence-corrected chi connectivity index (χ2v) is 6.15. The molecule has 0 unspecified atom stereocenters. The van der Waals surface area contributed by atoms with Gasteiger partial charge < -0.3 is 19.9 Å². The molecule has 1 saturated heterocycles. The summed E-state index contributed by atoms with van der Waals surface area (Å²) in [4.78, 5) is 28.2. The third-order valence-corrected chi connectivity index (χ3v) is 4.31. The Kier molecular flexibility index (Phi) is 5.67. The summed E-state index contributed by atoms with van der Waals surface area (Å²) in [5.41, 5.74) is 0.663. The molecule has 0 radical (unpaired) electrons. The van der Waals surface area contributed by atoms with Crippen molar-refractivity contribution < 1.29 is 14.3 Å². The van der Waals surface area contributed by atoms with Gasteiger partial charge in [0.2, 0.25) is 5.91 Å². The maximum absolute atomic E-state index is 12.5. The number of hydrogen-bond acceptors (Lipinski definition) is 4. The second-order valence-electron chi connectivity index (χ2n) is 5.74. The molecule has 1 fully saturated rings. The number of imidazole rings is 1.